The predicted molar refractivity (Wildman–Crippen MR) is 91.2 cm³/mol. The smallest absolute Gasteiger partial charge is 0.233 e. The topological polar surface area (TPSA) is 69.9 Å². The van der Waals surface area contributed by atoms with Gasteiger partial charge in [0, 0.05) is 12.6 Å². The molecule has 1 aromatic rings. The Morgan fingerprint density at radius 2 is 2.00 bits per heavy atom. The molecule has 0 N–H and O–H groups in total. The Labute approximate surface area is 142 Å². The summed E-state index contributed by atoms with van der Waals surface area (Å²) in [5, 5.41) is 9.89. The third kappa shape index (κ3) is 4.44. The van der Waals surface area contributed by atoms with E-state index in [1.54, 1.807) is 13.8 Å². The number of carbonyl (C=O) groups excluding carboxylic acids is 1. The summed E-state index contributed by atoms with van der Waals surface area (Å²) in [7, 11) is 0. The van der Waals surface area contributed by atoms with Gasteiger partial charge in [0.05, 0.1) is 11.4 Å². The van der Waals surface area contributed by atoms with Gasteiger partial charge in [-0.25, -0.2) is 9.97 Å². The molecule has 1 amide bonds. The first kappa shape index (κ1) is 17.7. The number of aryl methyl sites for hydroxylation is 2. The number of nitrogens with zero attached hydrogens (tertiary/aromatic N) is 4. The summed E-state index contributed by atoms with van der Waals surface area (Å²) < 4.78 is 0. The molecule has 23 heavy (non-hydrogen) atoms. The van der Waals surface area contributed by atoms with Crippen molar-refractivity contribution in [1.82, 2.24) is 14.9 Å². The average Bonchev–Trinajstić information content (AvgIpc) is 2.54. The number of amides is 1. The molecule has 0 saturated heterocycles. The summed E-state index contributed by atoms with van der Waals surface area (Å²) in [6, 6.07) is 2.53. The Morgan fingerprint density at radius 1 is 1.30 bits per heavy atom. The lowest BCUT2D eigenvalue weighted by atomic mass is 9.94. The Balaban J connectivity index is 2.04. The number of nitriles is 1. The number of thioether (sulfide) groups is 1. The van der Waals surface area contributed by atoms with Crippen LogP contribution in [0.2, 0.25) is 0 Å². The maximum Gasteiger partial charge on any atom is 0.233 e. The monoisotopic (exact) mass is 332 g/mol. The summed E-state index contributed by atoms with van der Waals surface area (Å²) in [5.74, 6) is 1.10. The van der Waals surface area contributed by atoms with E-state index in [0.717, 1.165) is 19.4 Å². The highest BCUT2D eigenvalue weighted by Gasteiger charge is 2.24. The molecule has 1 aliphatic rings. The van der Waals surface area contributed by atoms with Crippen molar-refractivity contribution in [3.8, 4) is 6.07 Å². The van der Waals surface area contributed by atoms with Gasteiger partial charge in [-0.05, 0) is 33.6 Å². The van der Waals surface area contributed by atoms with Crippen molar-refractivity contribution in [3.63, 3.8) is 0 Å². The van der Waals surface area contributed by atoms with Gasteiger partial charge in [-0.1, -0.05) is 31.0 Å². The zero-order valence-electron chi connectivity index (χ0n) is 14.1. The molecule has 6 heteroatoms. The fourth-order valence-electron chi connectivity index (χ4n) is 3.16. The van der Waals surface area contributed by atoms with E-state index in [1.165, 1.54) is 31.0 Å². The van der Waals surface area contributed by atoms with Gasteiger partial charge in [-0.3, -0.25) is 4.79 Å². The Hall–Kier alpha value is -1.61. The molecule has 0 spiro atoms. The molecular formula is C17H24N4OS. The molecule has 0 aromatic carbocycles. The fourth-order valence-corrected chi connectivity index (χ4v) is 4.12. The molecule has 1 heterocycles. The van der Waals surface area contributed by atoms with Crippen molar-refractivity contribution in [2.45, 2.75) is 63.9 Å². The molecule has 124 valence electrons. The first-order chi connectivity index (χ1) is 11.1. The van der Waals surface area contributed by atoms with Crippen LogP contribution in [-0.2, 0) is 4.79 Å². The second kappa shape index (κ2) is 8.30. The molecule has 5 nitrogen and oxygen atoms in total. The van der Waals surface area contributed by atoms with Gasteiger partial charge in [-0.2, -0.15) is 5.26 Å². The molecule has 1 aliphatic carbocycles. The van der Waals surface area contributed by atoms with Crippen molar-refractivity contribution < 1.29 is 4.79 Å². The minimum Gasteiger partial charge on any atom is -0.339 e. The van der Waals surface area contributed by atoms with Crippen LogP contribution in [0.5, 0.6) is 0 Å². The van der Waals surface area contributed by atoms with Crippen LogP contribution in [0.4, 0.5) is 0 Å². The summed E-state index contributed by atoms with van der Waals surface area (Å²) in [6.45, 7) is 6.40. The van der Waals surface area contributed by atoms with Crippen LogP contribution in [0.1, 0.15) is 56.1 Å². The van der Waals surface area contributed by atoms with Crippen LogP contribution in [0.25, 0.3) is 0 Å². The molecular weight excluding hydrogens is 308 g/mol. The fraction of sp³-hybridized carbons (Fsp3) is 0.647. The van der Waals surface area contributed by atoms with Gasteiger partial charge >= 0.3 is 0 Å². The Morgan fingerprint density at radius 3 is 2.61 bits per heavy atom. The van der Waals surface area contributed by atoms with Crippen molar-refractivity contribution in [2.24, 2.45) is 0 Å². The zero-order valence-corrected chi connectivity index (χ0v) is 14.9. The van der Waals surface area contributed by atoms with E-state index < -0.39 is 0 Å². The van der Waals surface area contributed by atoms with Crippen LogP contribution in [0.3, 0.4) is 0 Å². The molecule has 1 saturated carbocycles. The van der Waals surface area contributed by atoms with Crippen LogP contribution in [0.15, 0.2) is 5.03 Å². The Kier molecular flexibility index (Phi) is 6.40. The van der Waals surface area contributed by atoms with Crippen molar-refractivity contribution in [3.05, 3.63) is 17.1 Å². The van der Waals surface area contributed by atoms with Crippen molar-refractivity contribution in [2.75, 3.05) is 12.3 Å². The van der Waals surface area contributed by atoms with Gasteiger partial charge in [0.25, 0.3) is 0 Å². The second-order valence-corrected chi connectivity index (χ2v) is 6.87. The van der Waals surface area contributed by atoms with Crippen LogP contribution in [-0.4, -0.2) is 39.1 Å². The number of hydrogen-bond acceptors (Lipinski definition) is 5. The highest BCUT2D eigenvalue weighted by molar-refractivity contribution is 8.00. The molecule has 0 atom stereocenters. The number of carbonyl (C=O) groups is 1. The summed E-state index contributed by atoms with van der Waals surface area (Å²) in [4.78, 5) is 23.1. The number of rotatable bonds is 5. The minimum absolute atomic E-state index is 0.141. The maximum atomic E-state index is 12.6. The molecule has 0 unspecified atom stereocenters. The zero-order chi connectivity index (χ0) is 16.8. The van der Waals surface area contributed by atoms with Gasteiger partial charge < -0.3 is 4.90 Å². The molecule has 2 rings (SSSR count). The van der Waals surface area contributed by atoms with Crippen LogP contribution in [0, 0.1) is 25.2 Å². The lowest BCUT2D eigenvalue weighted by Gasteiger charge is -2.33. The molecule has 0 aliphatic heterocycles. The van der Waals surface area contributed by atoms with Crippen LogP contribution >= 0.6 is 11.8 Å². The SMILES string of the molecule is CCN(C(=O)CSc1nc(C)nc(C)c1C#N)C1CCCCC1. The third-order valence-corrected chi connectivity index (χ3v) is 5.25. The number of aromatic nitrogens is 2. The normalized spacial score (nSPS) is 15.2. The number of hydrogen-bond donors (Lipinski definition) is 0. The van der Waals surface area contributed by atoms with Crippen molar-refractivity contribution >= 4 is 17.7 Å². The van der Waals surface area contributed by atoms with E-state index in [9.17, 15) is 10.1 Å². The first-order valence-corrected chi connectivity index (χ1v) is 9.23. The molecule has 1 fully saturated rings. The van der Waals surface area contributed by atoms with E-state index in [2.05, 4.69) is 16.0 Å². The van der Waals surface area contributed by atoms with Gasteiger partial charge in [0.2, 0.25) is 5.91 Å². The van der Waals surface area contributed by atoms with Gasteiger partial charge in [-0.15, -0.1) is 0 Å². The van der Waals surface area contributed by atoms with E-state index in [-0.39, 0.29) is 5.91 Å². The van der Waals surface area contributed by atoms with E-state index >= 15 is 0 Å². The predicted octanol–water partition coefficient (Wildman–Crippen LogP) is 3.24. The maximum absolute atomic E-state index is 12.6. The van der Waals surface area contributed by atoms with Gasteiger partial charge in [0.1, 0.15) is 22.5 Å². The average molecular weight is 332 g/mol. The largest absolute Gasteiger partial charge is 0.339 e. The van der Waals surface area contributed by atoms with Crippen molar-refractivity contribution in [1.29, 1.82) is 5.26 Å². The minimum atomic E-state index is 0.141. The molecule has 0 radical (unpaired) electrons. The van der Waals surface area contributed by atoms with E-state index in [0.29, 0.717) is 33.9 Å². The molecule has 1 aromatic heterocycles. The third-order valence-electron chi connectivity index (χ3n) is 4.29. The lowest BCUT2D eigenvalue weighted by molar-refractivity contribution is -0.131. The lowest BCUT2D eigenvalue weighted by Crippen LogP contribution is -2.42. The van der Waals surface area contributed by atoms with E-state index in [4.69, 9.17) is 0 Å². The van der Waals surface area contributed by atoms with Crippen LogP contribution < -0.4 is 0 Å². The summed E-state index contributed by atoms with van der Waals surface area (Å²) in [6.07, 6.45) is 5.93. The summed E-state index contributed by atoms with van der Waals surface area (Å²) >= 11 is 1.35. The molecule has 0 bridgehead atoms. The first-order valence-electron chi connectivity index (χ1n) is 8.24. The quantitative estimate of drug-likeness (QED) is 0.611. The van der Waals surface area contributed by atoms with E-state index in [1.807, 2.05) is 11.8 Å². The summed E-state index contributed by atoms with van der Waals surface area (Å²) in [5.41, 5.74) is 1.16. The second-order valence-electron chi connectivity index (χ2n) is 5.91. The van der Waals surface area contributed by atoms with Gasteiger partial charge in [0.15, 0.2) is 0 Å². The highest BCUT2D eigenvalue weighted by atomic mass is 32.2. The standard InChI is InChI=1S/C17H24N4OS/c1-4-21(14-8-6-5-7-9-14)16(22)11-23-17-15(10-18)12(2)19-13(3)20-17/h14H,4-9,11H2,1-3H3. The highest BCUT2D eigenvalue weighted by Crippen LogP contribution is 2.25. The Bertz CT molecular complexity index is 605.